The highest BCUT2D eigenvalue weighted by atomic mass is 15.6. The molecule has 1 aliphatic carbocycles. The summed E-state index contributed by atoms with van der Waals surface area (Å²) in [6.07, 6.45) is 5.20. The molecule has 2 aromatic rings. The average molecular weight is 316 g/mol. The van der Waals surface area contributed by atoms with Crippen LogP contribution in [-0.2, 0) is 0 Å². The molecule has 2 N–H and O–H groups in total. The molecule has 1 atom stereocenters. The molecule has 1 saturated carbocycles. The number of rotatable bonds is 5. The van der Waals surface area contributed by atoms with Crippen LogP contribution in [0.25, 0.3) is 11.2 Å². The Bertz CT molecular complexity index is 675. The number of fused-ring (bicyclic) bond motifs is 1. The van der Waals surface area contributed by atoms with Crippen LogP contribution in [0.5, 0.6) is 0 Å². The molecule has 124 valence electrons. The first-order chi connectivity index (χ1) is 11.3. The van der Waals surface area contributed by atoms with Crippen molar-refractivity contribution in [3.63, 3.8) is 0 Å². The van der Waals surface area contributed by atoms with E-state index in [-0.39, 0.29) is 0 Å². The zero-order valence-corrected chi connectivity index (χ0v) is 14.0. The van der Waals surface area contributed by atoms with Gasteiger partial charge in [-0.1, -0.05) is 26.0 Å². The lowest BCUT2D eigenvalue weighted by Gasteiger charge is -2.13. The Morgan fingerprint density at radius 1 is 1.30 bits per heavy atom. The third-order valence-electron chi connectivity index (χ3n) is 3.88. The third-order valence-corrected chi connectivity index (χ3v) is 3.88. The van der Waals surface area contributed by atoms with Crippen LogP contribution in [-0.4, -0.2) is 39.1 Å². The Balaban J connectivity index is 0.000000753. The molecule has 1 aliphatic heterocycles. The van der Waals surface area contributed by atoms with Gasteiger partial charge in [0.05, 0.1) is 18.9 Å². The van der Waals surface area contributed by atoms with Crippen molar-refractivity contribution in [1.29, 1.82) is 0 Å². The van der Waals surface area contributed by atoms with Crippen LogP contribution in [0.15, 0.2) is 16.7 Å². The lowest BCUT2D eigenvalue weighted by atomic mass is 10.2. The fraction of sp³-hybridized carbons (Fsp3) is 0.667. The van der Waals surface area contributed by atoms with Gasteiger partial charge in [-0.25, -0.2) is 9.99 Å². The average Bonchev–Trinajstić information content (AvgIpc) is 3.13. The Kier molecular flexibility index (Phi) is 4.68. The second kappa shape index (κ2) is 6.89. The normalized spacial score (nSPS) is 19.8. The van der Waals surface area contributed by atoms with Gasteiger partial charge in [0.1, 0.15) is 5.52 Å². The predicted octanol–water partition coefficient (Wildman–Crippen LogP) is 3.17. The van der Waals surface area contributed by atoms with E-state index in [0.29, 0.717) is 23.6 Å². The number of imidazole rings is 1. The van der Waals surface area contributed by atoms with Crippen LogP contribution in [0.2, 0.25) is 0 Å². The maximum atomic E-state index is 4.59. The Morgan fingerprint density at radius 2 is 2.13 bits per heavy atom. The highest BCUT2D eigenvalue weighted by molar-refractivity contribution is 5.83. The topological polar surface area (TPSA) is 94.5 Å². The number of hydrogen-bond donors (Lipinski definition) is 2. The molecule has 4 rings (SSSR count). The lowest BCUT2D eigenvalue weighted by molar-refractivity contribution is 0.631. The van der Waals surface area contributed by atoms with Crippen molar-refractivity contribution in [2.45, 2.75) is 46.1 Å². The summed E-state index contributed by atoms with van der Waals surface area (Å²) < 4.78 is 0. The van der Waals surface area contributed by atoms with Gasteiger partial charge >= 0.3 is 0 Å². The predicted molar refractivity (Wildman–Crippen MR) is 90.5 cm³/mol. The minimum absolute atomic E-state index is 0.301. The van der Waals surface area contributed by atoms with E-state index in [1.807, 2.05) is 13.8 Å². The second-order valence-electron chi connectivity index (χ2n) is 5.59. The molecule has 1 fully saturated rings. The molecule has 8 nitrogen and oxygen atoms in total. The first kappa shape index (κ1) is 15.6. The maximum Gasteiger partial charge on any atom is 0.251 e. The maximum absolute atomic E-state index is 4.59. The van der Waals surface area contributed by atoms with Crippen molar-refractivity contribution in [2.24, 2.45) is 16.3 Å². The highest BCUT2D eigenvalue weighted by Crippen LogP contribution is 2.37. The van der Waals surface area contributed by atoms with Crippen LogP contribution >= 0.6 is 0 Å². The summed E-state index contributed by atoms with van der Waals surface area (Å²) >= 11 is 0. The molecule has 2 aromatic heterocycles. The standard InChI is InChI=1S/C13H18N8.C2H6/c1-2-5-14-11-10-12(16-7-15-10)18-13(17-11)21-6-9(19-20-21)8-3-4-8;1-2/h7-9H,2-6H2,1H3,(H2,14,15,16,17,18);1-2H3. The number of H-pyrrole nitrogens is 1. The van der Waals surface area contributed by atoms with Gasteiger partial charge in [0, 0.05) is 6.54 Å². The molecule has 1 unspecified atom stereocenters. The van der Waals surface area contributed by atoms with E-state index in [4.69, 9.17) is 0 Å². The van der Waals surface area contributed by atoms with Crippen molar-refractivity contribution in [3.05, 3.63) is 6.33 Å². The van der Waals surface area contributed by atoms with Gasteiger partial charge in [0.2, 0.25) is 0 Å². The molecule has 2 aliphatic rings. The smallest absolute Gasteiger partial charge is 0.251 e. The molecule has 3 heterocycles. The summed E-state index contributed by atoms with van der Waals surface area (Å²) in [5.74, 6) is 2.05. The Hall–Kier alpha value is -2.25. The van der Waals surface area contributed by atoms with E-state index >= 15 is 0 Å². The quantitative estimate of drug-likeness (QED) is 0.883. The molecule has 0 bridgehead atoms. The first-order valence-corrected chi connectivity index (χ1v) is 8.48. The van der Waals surface area contributed by atoms with Gasteiger partial charge in [0.15, 0.2) is 11.5 Å². The minimum atomic E-state index is 0.301. The van der Waals surface area contributed by atoms with E-state index in [1.165, 1.54) is 12.8 Å². The first-order valence-electron chi connectivity index (χ1n) is 8.48. The van der Waals surface area contributed by atoms with Crippen molar-refractivity contribution >= 4 is 22.9 Å². The van der Waals surface area contributed by atoms with E-state index in [1.54, 1.807) is 11.3 Å². The van der Waals surface area contributed by atoms with Gasteiger partial charge in [-0.05, 0) is 25.2 Å². The van der Waals surface area contributed by atoms with Crippen LogP contribution in [0.3, 0.4) is 0 Å². The van der Waals surface area contributed by atoms with Crippen molar-refractivity contribution < 1.29 is 0 Å². The van der Waals surface area contributed by atoms with E-state index < -0.39 is 0 Å². The summed E-state index contributed by atoms with van der Waals surface area (Å²) in [5.41, 5.74) is 1.49. The second-order valence-corrected chi connectivity index (χ2v) is 5.59. The van der Waals surface area contributed by atoms with Gasteiger partial charge in [-0.3, -0.25) is 0 Å². The van der Waals surface area contributed by atoms with E-state index in [9.17, 15) is 0 Å². The molecule has 23 heavy (non-hydrogen) atoms. The zero-order chi connectivity index (χ0) is 16.2. The third kappa shape index (κ3) is 3.25. The number of hydrogen-bond acceptors (Lipinski definition) is 7. The Labute approximate surface area is 135 Å². The van der Waals surface area contributed by atoms with E-state index in [2.05, 4.69) is 42.5 Å². The molecule has 0 radical (unpaired) electrons. The summed E-state index contributed by atoms with van der Waals surface area (Å²) in [6.45, 7) is 7.75. The molecule has 0 saturated heterocycles. The van der Waals surface area contributed by atoms with Gasteiger partial charge in [0.25, 0.3) is 5.95 Å². The zero-order valence-electron chi connectivity index (χ0n) is 14.0. The minimum Gasteiger partial charge on any atom is -0.368 e. The summed E-state index contributed by atoms with van der Waals surface area (Å²) in [5, 5.41) is 13.7. The van der Waals surface area contributed by atoms with Crippen LogP contribution < -0.4 is 10.3 Å². The SMILES string of the molecule is CC.CCCNc1nc(N2CC(C3CC3)N=N2)nc2nc[nH]c12. The number of aromatic nitrogens is 4. The van der Waals surface area contributed by atoms with Crippen LogP contribution in [0.4, 0.5) is 11.8 Å². The van der Waals surface area contributed by atoms with Crippen molar-refractivity contribution in [2.75, 3.05) is 23.4 Å². The molecular formula is C15H24N8. The summed E-state index contributed by atoms with van der Waals surface area (Å²) in [4.78, 5) is 16.4. The van der Waals surface area contributed by atoms with Gasteiger partial charge in [-0.15, -0.1) is 0 Å². The molecular weight excluding hydrogens is 292 g/mol. The van der Waals surface area contributed by atoms with Crippen molar-refractivity contribution in [3.8, 4) is 0 Å². The molecule has 0 spiro atoms. The van der Waals surface area contributed by atoms with Gasteiger partial charge in [-0.2, -0.15) is 15.1 Å². The molecule has 0 amide bonds. The summed E-state index contributed by atoms with van der Waals surface area (Å²) in [6, 6.07) is 0.301. The van der Waals surface area contributed by atoms with E-state index in [0.717, 1.165) is 30.8 Å². The number of aromatic amines is 1. The van der Waals surface area contributed by atoms with Crippen LogP contribution in [0, 0.1) is 5.92 Å². The number of nitrogens with zero attached hydrogens (tertiary/aromatic N) is 6. The number of nitrogens with one attached hydrogen (secondary N) is 2. The Morgan fingerprint density at radius 3 is 2.87 bits per heavy atom. The van der Waals surface area contributed by atoms with Gasteiger partial charge < -0.3 is 10.3 Å². The monoisotopic (exact) mass is 316 g/mol. The number of anilines is 2. The molecule has 8 heteroatoms. The van der Waals surface area contributed by atoms with Crippen molar-refractivity contribution in [1.82, 2.24) is 19.9 Å². The fourth-order valence-corrected chi connectivity index (χ4v) is 2.53. The largest absolute Gasteiger partial charge is 0.368 e. The van der Waals surface area contributed by atoms with Crippen LogP contribution in [0.1, 0.15) is 40.0 Å². The fourth-order valence-electron chi connectivity index (χ4n) is 2.53. The highest BCUT2D eigenvalue weighted by Gasteiger charge is 2.36. The molecule has 0 aromatic carbocycles. The summed E-state index contributed by atoms with van der Waals surface area (Å²) in [7, 11) is 0. The lowest BCUT2D eigenvalue weighted by Crippen LogP contribution is -2.23.